The van der Waals surface area contributed by atoms with E-state index in [2.05, 4.69) is 4.98 Å². The molecule has 1 aromatic heterocycles. The number of amides is 1. The molecule has 3 fully saturated rings. The largest absolute Gasteiger partial charge is 0.338 e. The number of nitrogens with zero attached hydrogens (tertiary/aromatic N) is 2. The van der Waals surface area contributed by atoms with Crippen LogP contribution in [0, 0.1) is 11.8 Å². The monoisotopic (exact) mass is 390 g/mol. The smallest absolute Gasteiger partial charge is 0.326 e. The van der Waals surface area contributed by atoms with Gasteiger partial charge in [0.2, 0.25) is 0 Å². The number of aromatic nitrogens is 2. The zero-order chi connectivity index (χ0) is 17.8. The molecule has 6 nitrogen and oxygen atoms in total. The van der Waals surface area contributed by atoms with Gasteiger partial charge in [0, 0.05) is 30.7 Å². The first-order chi connectivity index (χ1) is 12.6. The number of carbonyl (C=O) groups excluding carboxylic acids is 1. The van der Waals surface area contributed by atoms with Crippen molar-refractivity contribution in [2.75, 3.05) is 13.1 Å². The lowest BCUT2D eigenvalue weighted by molar-refractivity contribution is 0.0779. The highest BCUT2D eigenvalue weighted by Gasteiger charge is 2.42. The van der Waals surface area contributed by atoms with Gasteiger partial charge >= 0.3 is 5.69 Å². The number of likely N-dealkylation sites (tertiary alicyclic amines) is 1. The van der Waals surface area contributed by atoms with E-state index in [1.54, 1.807) is 0 Å². The normalized spacial score (nSPS) is 27.9. The molecule has 27 heavy (non-hydrogen) atoms. The second kappa shape index (κ2) is 6.99. The Balaban J connectivity index is 0.00000180. The summed E-state index contributed by atoms with van der Waals surface area (Å²) in [5.41, 5.74) is 8.48. The van der Waals surface area contributed by atoms with Gasteiger partial charge < -0.3 is 15.6 Å². The van der Waals surface area contributed by atoms with E-state index in [4.69, 9.17) is 5.73 Å². The van der Waals surface area contributed by atoms with Crippen molar-refractivity contribution < 1.29 is 4.79 Å². The van der Waals surface area contributed by atoms with Crippen LogP contribution < -0.4 is 11.4 Å². The number of rotatable bonds is 2. The Hall–Kier alpha value is -1.79. The average molecular weight is 391 g/mol. The molecule has 1 aliphatic heterocycles. The number of aromatic amines is 1. The topological polar surface area (TPSA) is 84.1 Å². The van der Waals surface area contributed by atoms with Crippen molar-refractivity contribution in [1.82, 2.24) is 14.5 Å². The molecule has 3 aliphatic rings. The molecule has 2 heterocycles. The Morgan fingerprint density at radius 2 is 1.89 bits per heavy atom. The molecule has 1 aromatic carbocycles. The number of carbonyl (C=O) groups is 1. The van der Waals surface area contributed by atoms with E-state index in [1.807, 2.05) is 27.7 Å². The summed E-state index contributed by atoms with van der Waals surface area (Å²) >= 11 is 0. The van der Waals surface area contributed by atoms with E-state index in [-0.39, 0.29) is 36.1 Å². The third-order valence-corrected chi connectivity index (χ3v) is 6.85. The first-order valence-electron chi connectivity index (χ1n) is 9.91. The van der Waals surface area contributed by atoms with Crippen LogP contribution in [0.15, 0.2) is 23.0 Å². The van der Waals surface area contributed by atoms with Crippen molar-refractivity contribution in [2.45, 2.75) is 50.6 Å². The van der Waals surface area contributed by atoms with Gasteiger partial charge in [-0.25, -0.2) is 4.79 Å². The van der Waals surface area contributed by atoms with E-state index in [1.165, 1.54) is 12.8 Å². The molecule has 2 aromatic rings. The number of halogens is 1. The molecule has 3 atom stereocenters. The van der Waals surface area contributed by atoms with Crippen molar-refractivity contribution in [1.29, 1.82) is 0 Å². The Morgan fingerprint density at radius 1 is 1.11 bits per heavy atom. The van der Waals surface area contributed by atoms with E-state index < -0.39 is 0 Å². The van der Waals surface area contributed by atoms with Gasteiger partial charge in [-0.2, -0.15) is 0 Å². The molecular formula is C20H27ClN4O2. The standard InChI is InChI=1S/C20H26N4O2.ClH/c21-16-7-5-13-10-23(11-15(13)16)19(25)12-6-8-18-17(9-12)22-20(26)24(18)14-3-1-2-4-14;/h6,8-9,13-16H,1-5,7,10-11,21H2,(H,22,26);1H. The van der Waals surface area contributed by atoms with E-state index in [0.717, 1.165) is 49.8 Å². The summed E-state index contributed by atoms with van der Waals surface area (Å²) in [6, 6.07) is 6.17. The maximum atomic E-state index is 13.0. The fourth-order valence-electron chi connectivity index (χ4n) is 5.44. The zero-order valence-electron chi connectivity index (χ0n) is 15.4. The zero-order valence-corrected chi connectivity index (χ0v) is 16.2. The molecule has 3 N–H and O–H groups in total. The number of imidazole rings is 1. The van der Waals surface area contributed by atoms with Crippen molar-refractivity contribution in [3.8, 4) is 0 Å². The van der Waals surface area contributed by atoms with Crippen LogP contribution in [0.3, 0.4) is 0 Å². The fraction of sp³-hybridized carbons (Fsp3) is 0.600. The van der Waals surface area contributed by atoms with Crippen LogP contribution in [-0.2, 0) is 0 Å². The van der Waals surface area contributed by atoms with Crippen molar-refractivity contribution in [3.63, 3.8) is 0 Å². The van der Waals surface area contributed by atoms with Crippen LogP contribution in [0.4, 0.5) is 0 Å². The predicted octanol–water partition coefficient (Wildman–Crippen LogP) is 2.68. The Bertz CT molecular complexity index is 914. The van der Waals surface area contributed by atoms with E-state index in [9.17, 15) is 9.59 Å². The van der Waals surface area contributed by atoms with E-state index in [0.29, 0.717) is 17.4 Å². The molecule has 146 valence electrons. The number of hydrogen-bond donors (Lipinski definition) is 2. The molecule has 2 saturated carbocycles. The third kappa shape index (κ3) is 2.99. The number of nitrogens with one attached hydrogen (secondary N) is 1. The van der Waals surface area contributed by atoms with Gasteiger partial charge in [-0.3, -0.25) is 9.36 Å². The molecule has 0 spiro atoms. The molecule has 0 radical (unpaired) electrons. The van der Waals surface area contributed by atoms with Crippen molar-refractivity contribution in [3.05, 3.63) is 34.2 Å². The fourth-order valence-corrected chi connectivity index (χ4v) is 5.44. The molecule has 2 aliphatic carbocycles. The van der Waals surface area contributed by atoms with Crippen LogP contribution in [0.2, 0.25) is 0 Å². The second-order valence-electron chi connectivity index (χ2n) is 8.35. The lowest BCUT2D eigenvalue weighted by Gasteiger charge is -2.19. The van der Waals surface area contributed by atoms with Gasteiger partial charge in [0.1, 0.15) is 0 Å². The number of H-pyrrole nitrogens is 1. The van der Waals surface area contributed by atoms with Crippen LogP contribution in [0.25, 0.3) is 11.0 Å². The van der Waals surface area contributed by atoms with E-state index >= 15 is 0 Å². The summed E-state index contributed by atoms with van der Waals surface area (Å²) in [7, 11) is 0. The molecule has 3 unspecified atom stereocenters. The Kier molecular flexibility index (Phi) is 4.80. The van der Waals surface area contributed by atoms with Crippen molar-refractivity contribution >= 4 is 29.3 Å². The van der Waals surface area contributed by atoms with Gasteiger partial charge in [0.15, 0.2) is 0 Å². The summed E-state index contributed by atoms with van der Waals surface area (Å²) in [6.45, 7) is 1.58. The van der Waals surface area contributed by atoms with Gasteiger partial charge in [-0.05, 0) is 55.7 Å². The highest BCUT2D eigenvalue weighted by atomic mass is 35.5. The second-order valence-corrected chi connectivity index (χ2v) is 8.35. The maximum absolute atomic E-state index is 13.0. The number of hydrogen-bond acceptors (Lipinski definition) is 3. The van der Waals surface area contributed by atoms with Crippen LogP contribution in [0.5, 0.6) is 0 Å². The average Bonchev–Trinajstić information content (AvgIpc) is 3.38. The molecule has 1 amide bonds. The number of fused-ring (bicyclic) bond motifs is 2. The number of nitrogens with two attached hydrogens (primary N) is 1. The molecule has 1 saturated heterocycles. The number of benzene rings is 1. The van der Waals surface area contributed by atoms with Gasteiger partial charge in [-0.1, -0.05) is 12.8 Å². The summed E-state index contributed by atoms with van der Waals surface area (Å²) in [4.78, 5) is 30.3. The van der Waals surface area contributed by atoms with Gasteiger partial charge in [0.25, 0.3) is 5.91 Å². The maximum Gasteiger partial charge on any atom is 0.326 e. The highest BCUT2D eigenvalue weighted by molar-refractivity contribution is 5.97. The minimum Gasteiger partial charge on any atom is -0.338 e. The Labute approximate surface area is 164 Å². The SMILES string of the molecule is Cl.NC1CCC2CN(C(=O)c3ccc4c(c3)[nH]c(=O)n4C3CCCC3)CC12. The first kappa shape index (κ1) is 18.6. The summed E-state index contributed by atoms with van der Waals surface area (Å²) < 4.78 is 1.88. The third-order valence-electron chi connectivity index (χ3n) is 6.85. The lowest BCUT2D eigenvalue weighted by Crippen LogP contribution is -2.33. The van der Waals surface area contributed by atoms with Crippen LogP contribution in [0.1, 0.15) is 54.9 Å². The Morgan fingerprint density at radius 3 is 2.63 bits per heavy atom. The minimum atomic E-state index is -0.0572. The van der Waals surface area contributed by atoms with Crippen molar-refractivity contribution in [2.24, 2.45) is 17.6 Å². The quantitative estimate of drug-likeness (QED) is 0.826. The highest BCUT2D eigenvalue weighted by Crippen LogP contribution is 2.37. The summed E-state index contributed by atoms with van der Waals surface area (Å²) in [5, 5.41) is 0. The summed E-state index contributed by atoms with van der Waals surface area (Å²) in [6.07, 6.45) is 6.69. The van der Waals surface area contributed by atoms with Gasteiger partial charge in [0.05, 0.1) is 11.0 Å². The van der Waals surface area contributed by atoms with Crippen LogP contribution >= 0.6 is 12.4 Å². The first-order valence-corrected chi connectivity index (χ1v) is 9.91. The minimum absolute atomic E-state index is 0. The molecule has 0 bridgehead atoms. The predicted molar refractivity (Wildman–Crippen MR) is 107 cm³/mol. The van der Waals surface area contributed by atoms with Gasteiger partial charge in [-0.15, -0.1) is 12.4 Å². The molecule has 5 rings (SSSR count). The lowest BCUT2D eigenvalue weighted by atomic mass is 9.98. The molecule has 7 heteroatoms. The summed E-state index contributed by atoms with van der Waals surface area (Å²) in [5.74, 6) is 1.06. The molecular weight excluding hydrogens is 364 g/mol. The van der Waals surface area contributed by atoms with Crippen LogP contribution in [-0.4, -0.2) is 39.5 Å².